The van der Waals surface area contributed by atoms with Crippen molar-refractivity contribution >= 4 is 11.6 Å². The third-order valence-electron chi connectivity index (χ3n) is 2.63. The molecule has 0 aliphatic heterocycles. The molecule has 0 aromatic heterocycles. The number of rotatable bonds is 7. The van der Waals surface area contributed by atoms with Crippen LogP contribution in [0.4, 0.5) is 4.39 Å². The lowest BCUT2D eigenvalue weighted by Crippen LogP contribution is -2.33. The van der Waals surface area contributed by atoms with E-state index in [9.17, 15) is 4.39 Å². The van der Waals surface area contributed by atoms with Gasteiger partial charge in [0.2, 0.25) is 0 Å². The molecule has 1 rings (SSSR count). The zero-order valence-electron chi connectivity index (χ0n) is 10.3. The zero-order chi connectivity index (χ0) is 12.7. The van der Waals surface area contributed by atoms with E-state index in [0.29, 0.717) is 12.6 Å². The third kappa shape index (κ3) is 5.02. The van der Waals surface area contributed by atoms with Gasteiger partial charge in [-0.05, 0) is 37.1 Å². The second-order valence-corrected chi connectivity index (χ2v) is 4.40. The van der Waals surface area contributed by atoms with Gasteiger partial charge >= 0.3 is 0 Å². The first-order valence-electron chi connectivity index (χ1n) is 5.83. The Hall–Kier alpha value is -0.640. The first-order valence-corrected chi connectivity index (χ1v) is 6.21. The van der Waals surface area contributed by atoms with Crippen molar-refractivity contribution in [2.75, 3.05) is 20.3 Å². The Morgan fingerprint density at radius 3 is 2.82 bits per heavy atom. The van der Waals surface area contributed by atoms with Gasteiger partial charge in [-0.1, -0.05) is 24.6 Å². The standard InChI is InChI=1S/C13H19ClFNO/c1-3-16-11(9-17-2)6-4-10-5-7-13(15)12(14)8-10/h5,7-8,11,16H,3-4,6,9H2,1-2H3. The van der Waals surface area contributed by atoms with E-state index in [1.807, 2.05) is 0 Å². The van der Waals surface area contributed by atoms with Gasteiger partial charge in [0.05, 0.1) is 11.6 Å². The van der Waals surface area contributed by atoms with Crippen LogP contribution in [-0.4, -0.2) is 26.3 Å². The Morgan fingerprint density at radius 2 is 2.24 bits per heavy atom. The minimum Gasteiger partial charge on any atom is -0.383 e. The van der Waals surface area contributed by atoms with Crippen molar-refractivity contribution in [1.82, 2.24) is 5.32 Å². The number of ether oxygens (including phenoxy) is 1. The van der Waals surface area contributed by atoms with Crippen LogP contribution in [-0.2, 0) is 11.2 Å². The number of halogens is 2. The Labute approximate surface area is 107 Å². The predicted molar refractivity (Wildman–Crippen MR) is 69.1 cm³/mol. The summed E-state index contributed by atoms with van der Waals surface area (Å²) in [5.41, 5.74) is 1.05. The van der Waals surface area contributed by atoms with Gasteiger partial charge in [0, 0.05) is 13.2 Å². The molecule has 0 aliphatic carbocycles. The lowest BCUT2D eigenvalue weighted by atomic mass is 10.1. The fourth-order valence-corrected chi connectivity index (χ4v) is 1.97. The van der Waals surface area contributed by atoms with E-state index in [1.54, 1.807) is 19.2 Å². The smallest absolute Gasteiger partial charge is 0.141 e. The number of methoxy groups -OCH3 is 1. The maximum absolute atomic E-state index is 13.0. The van der Waals surface area contributed by atoms with Crippen LogP contribution >= 0.6 is 11.6 Å². The molecule has 0 saturated heterocycles. The van der Waals surface area contributed by atoms with Gasteiger partial charge in [0.25, 0.3) is 0 Å². The fourth-order valence-electron chi connectivity index (χ4n) is 1.77. The van der Waals surface area contributed by atoms with E-state index in [2.05, 4.69) is 12.2 Å². The monoisotopic (exact) mass is 259 g/mol. The van der Waals surface area contributed by atoms with Crippen molar-refractivity contribution in [2.24, 2.45) is 0 Å². The molecule has 1 atom stereocenters. The van der Waals surface area contributed by atoms with Crippen molar-refractivity contribution in [2.45, 2.75) is 25.8 Å². The van der Waals surface area contributed by atoms with E-state index >= 15 is 0 Å². The topological polar surface area (TPSA) is 21.3 Å². The SMILES string of the molecule is CCNC(CCc1ccc(F)c(Cl)c1)COC. The number of nitrogens with one attached hydrogen (secondary N) is 1. The average molecular weight is 260 g/mol. The molecule has 0 fully saturated rings. The van der Waals surface area contributed by atoms with E-state index in [1.165, 1.54) is 6.07 Å². The summed E-state index contributed by atoms with van der Waals surface area (Å²) in [6.07, 6.45) is 1.81. The lowest BCUT2D eigenvalue weighted by Gasteiger charge is -2.16. The highest BCUT2D eigenvalue weighted by molar-refractivity contribution is 6.30. The van der Waals surface area contributed by atoms with E-state index in [-0.39, 0.29) is 10.8 Å². The Kier molecular flexibility index (Phi) is 6.48. The van der Waals surface area contributed by atoms with Gasteiger partial charge in [0.15, 0.2) is 0 Å². The first-order chi connectivity index (χ1) is 8.17. The predicted octanol–water partition coefficient (Wildman–Crippen LogP) is 3.04. The van der Waals surface area contributed by atoms with Gasteiger partial charge in [-0.25, -0.2) is 4.39 Å². The molecule has 0 heterocycles. The normalized spacial score (nSPS) is 12.7. The molecule has 1 N–H and O–H groups in total. The second kappa shape index (κ2) is 7.64. The van der Waals surface area contributed by atoms with Crippen LogP contribution in [0.2, 0.25) is 5.02 Å². The molecular formula is C13H19ClFNO. The third-order valence-corrected chi connectivity index (χ3v) is 2.92. The summed E-state index contributed by atoms with van der Waals surface area (Å²) in [6, 6.07) is 5.20. The number of likely N-dealkylation sites (N-methyl/N-ethyl adjacent to an activating group) is 1. The molecule has 4 heteroatoms. The molecule has 17 heavy (non-hydrogen) atoms. The molecule has 96 valence electrons. The van der Waals surface area contributed by atoms with E-state index in [0.717, 1.165) is 24.9 Å². The van der Waals surface area contributed by atoms with Gasteiger partial charge in [0.1, 0.15) is 5.82 Å². The number of hydrogen-bond donors (Lipinski definition) is 1. The van der Waals surface area contributed by atoms with Crippen molar-refractivity contribution in [3.63, 3.8) is 0 Å². The maximum Gasteiger partial charge on any atom is 0.141 e. The van der Waals surface area contributed by atoms with Crippen molar-refractivity contribution in [3.8, 4) is 0 Å². The summed E-state index contributed by atoms with van der Waals surface area (Å²) in [5, 5.41) is 3.54. The molecule has 0 bridgehead atoms. The summed E-state index contributed by atoms with van der Waals surface area (Å²) in [7, 11) is 1.69. The molecule has 0 aliphatic rings. The van der Waals surface area contributed by atoms with Gasteiger partial charge in [-0.2, -0.15) is 0 Å². The number of benzene rings is 1. The number of hydrogen-bond acceptors (Lipinski definition) is 2. The summed E-state index contributed by atoms with van der Waals surface area (Å²) >= 11 is 5.74. The molecule has 0 spiro atoms. The van der Waals surface area contributed by atoms with Crippen LogP contribution < -0.4 is 5.32 Å². The molecule has 1 aromatic carbocycles. The Morgan fingerprint density at radius 1 is 1.47 bits per heavy atom. The zero-order valence-corrected chi connectivity index (χ0v) is 11.1. The van der Waals surface area contributed by atoms with Crippen molar-refractivity contribution < 1.29 is 9.13 Å². The largest absolute Gasteiger partial charge is 0.383 e. The van der Waals surface area contributed by atoms with Crippen LogP contribution in [0.3, 0.4) is 0 Å². The number of aryl methyl sites for hydroxylation is 1. The highest BCUT2D eigenvalue weighted by Gasteiger charge is 2.08. The van der Waals surface area contributed by atoms with Crippen molar-refractivity contribution in [3.05, 3.63) is 34.6 Å². The molecule has 0 saturated carbocycles. The van der Waals surface area contributed by atoms with Crippen molar-refractivity contribution in [1.29, 1.82) is 0 Å². The minimum atomic E-state index is -0.365. The van der Waals surface area contributed by atoms with Gasteiger partial charge in [-0.15, -0.1) is 0 Å². The first kappa shape index (κ1) is 14.4. The highest BCUT2D eigenvalue weighted by Crippen LogP contribution is 2.17. The van der Waals surface area contributed by atoms with Crippen LogP contribution in [0.5, 0.6) is 0 Å². The average Bonchev–Trinajstić information content (AvgIpc) is 2.31. The van der Waals surface area contributed by atoms with E-state index < -0.39 is 0 Å². The van der Waals surface area contributed by atoms with Crippen LogP contribution in [0.15, 0.2) is 18.2 Å². The lowest BCUT2D eigenvalue weighted by molar-refractivity contribution is 0.163. The summed E-state index contributed by atoms with van der Waals surface area (Å²) in [5.74, 6) is -0.365. The molecule has 1 unspecified atom stereocenters. The molecular weight excluding hydrogens is 241 g/mol. The summed E-state index contributed by atoms with van der Waals surface area (Å²) in [6.45, 7) is 3.67. The summed E-state index contributed by atoms with van der Waals surface area (Å²) < 4.78 is 18.1. The molecule has 0 amide bonds. The fraction of sp³-hybridized carbons (Fsp3) is 0.538. The maximum atomic E-state index is 13.0. The van der Waals surface area contributed by atoms with Gasteiger partial charge < -0.3 is 10.1 Å². The van der Waals surface area contributed by atoms with Crippen LogP contribution in [0.25, 0.3) is 0 Å². The minimum absolute atomic E-state index is 0.189. The Bertz CT molecular complexity index is 340. The molecule has 1 aromatic rings. The van der Waals surface area contributed by atoms with E-state index in [4.69, 9.17) is 16.3 Å². The quantitative estimate of drug-likeness (QED) is 0.813. The molecule has 0 radical (unpaired) electrons. The van der Waals surface area contributed by atoms with Crippen LogP contribution in [0.1, 0.15) is 18.9 Å². The van der Waals surface area contributed by atoms with Gasteiger partial charge in [-0.3, -0.25) is 0 Å². The second-order valence-electron chi connectivity index (χ2n) is 4.00. The summed E-state index contributed by atoms with van der Waals surface area (Å²) in [4.78, 5) is 0. The van der Waals surface area contributed by atoms with Crippen LogP contribution in [0, 0.1) is 5.82 Å². The Balaban J connectivity index is 2.49. The molecule has 2 nitrogen and oxygen atoms in total. The highest BCUT2D eigenvalue weighted by atomic mass is 35.5.